The molecule has 0 unspecified atom stereocenters. The molecule has 13 heavy (non-hydrogen) atoms. The number of allylic oxidation sites excluding steroid dienone is 1. The van der Waals surface area contributed by atoms with Crippen molar-refractivity contribution in [2.45, 2.75) is 12.3 Å². The van der Waals surface area contributed by atoms with Gasteiger partial charge in [-0.3, -0.25) is 0 Å². The zero-order chi connectivity index (χ0) is 9.68. The topological polar surface area (TPSA) is 0 Å². The number of rotatable bonds is 4. The van der Waals surface area contributed by atoms with Crippen molar-refractivity contribution >= 4 is 17.7 Å². The molecule has 0 atom stereocenters. The van der Waals surface area contributed by atoms with Crippen LogP contribution in [-0.2, 0) is 12.3 Å². The molecule has 0 amide bonds. The molecular formula is C12H13Cl. The second-order valence-electron chi connectivity index (χ2n) is 2.86. The van der Waals surface area contributed by atoms with Crippen LogP contribution in [0.25, 0.3) is 6.08 Å². The molecule has 0 spiro atoms. The molecule has 0 saturated carbocycles. The molecule has 0 aliphatic carbocycles. The Hall–Kier alpha value is -1.01. The van der Waals surface area contributed by atoms with Crippen LogP contribution in [0, 0.1) is 0 Å². The van der Waals surface area contributed by atoms with Crippen molar-refractivity contribution in [3.8, 4) is 0 Å². The van der Waals surface area contributed by atoms with Crippen molar-refractivity contribution in [3.63, 3.8) is 0 Å². The smallest absolute Gasteiger partial charge is 0.0476 e. The van der Waals surface area contributed by atoms with Gasteiger partial charge in [-0.1, -0.05) is 36.9 Å². The summed E-state index contributed by atoms with van der Waals surface area (Å²) in [5.74, 6) is 0.556. The lowest BCUT2D eigenvalue weighted by Gasteiger charge is -2.05. The van der Waals surface area contributed by atoms with Gasteiger partial charge in [-0.2, -0.15) is 0 Å². The summed E-state index contributed by atoms with van der Waals surface area (Å²) in [5, 5.41) is 0. The lowest BCUT2D eigenvalue weighted by atomic mass is 10.0. The fourth-order valence-corrected chi connectivity index (χ4v) is 1.51. The van der Waals surface area contributed by atoms with Crippen LogP contribution in [0.5, 0.6) is 0 Å². The van der Waals surface area contributed by atoms with Gasteiger partial charge in [-0.15, -0.1) is 18.2 Å². The Morgan fingerprint density at radius 2 is 2.00 bits per heavy atom. The highest BCUT2D eigenvalue weighted by atomic mass is 35.5. The Kier molecular flexibility index (Phi) is 3.78. The predicted molar refractivity (Wildman–Crippen MR) is 60.0 cm³/mol. The van der Waals surface area contributed by atoms with Gasteiger partial charge in [0, 0.05) is 5.88 Å². The average Bonchev–Trinajstić information content (AvgIpc) is 2.18. The third-order valence-corrected chi connectivity index (χ3v) is 2.26. The molecule has 0 heterocycles. The van der Waals surface area contributed by atoms with Gasteiger partial charge in [0.05, 0.1) is 0 Å². The summed E-state index contributed by atoms with van der Waals surface area (Å²) >= 11 is 5.80. The highest BCUT2D eigenvalue weighted by Crippen LogP contribution is 2.16. The molecule has 0 aromatic heterocycles. The number of alkyl halides is 1. The van der Waals surface area contributed by atoms with Crippen LogP contribution in [0.2, 0.25) is 0 Å². The van der Waals surface area contributed by atoms with E-state index in [0.717, 1.165) is 12.0 Å². The number of hydrogen-bond donors (Lipinski definition) is 0. The van der Waals surface area contributed by atoms with Crippen LogP contribution in [0.15, 0.2) is 37.4 Å². The molecule has 0 aliphatic rings. The van der Waals surface area contributed by atoms with Gasteiger partial charge in [0.25, 0.3) is 0 Å². The average molecular weight is 193 g/mol. The minimum Gasteiger partial charge on any atom is -0.122 e. The van der Waals surface area contributed by atoms with E-state index < -0.39 is 0 Å². The molecule has 0 bridgehead atoms. The quantitative estimate of drug-likeness (QED) is 0.503. The van der Waals surface area contributed by atoms with Gasteiger partial charge in [-0.25, -0.2) is 0 Å². The van der Waals surface area contributed by atoms with Crippen molar-refractivity contribution in [3.05, 3.63) is 54.1 Å². The zero-order valence-electron chi connectivity index (χ0n) is 7.59. The minimum atomic E-state index is 0.556. The van der Waals surface area contributed by atoms with Gasteiger partial charge in [0.15, 0.2) is 0 Å². The summed E-state index contributed by atoms with van der Waals surface area (Å²) in [6, 6.07) is 6.17. The molecule has 0 fully saturated rings. The summed E-state index contributed by atoms with van der Waals surface area (Å²) in [6.07, 6.45) is 4.59. The van der Waals surface area contributed by atoms with E-state index in [2.05, 4.69) is 19.2 Å². The van der Waals surface area contributed by atoms with E-state index in [9.17, 15) is 0 Å². The molecule has 1 heteroatoms. The number of benzene rings is 1. The summed E-state index contributed by atoms with van der Waals surface area (Å²) in [7, 11) is 0. The fraction of sp³-hybridized carbons (Fsp3) is 0.167. The van der Waals surface area contributed by atoms with E-state index in [-0.39, 0.29) is 0 Å². The van der Waals surface area contributed by atoms with Crippen LogP contribution < -0.4 is 0 Å². The second kappa shape index (κ2) is 4.88. The van der Waals surface area contributed by atoms with Crippen LogP contribution in [0.3, 0.4) is 0 Å². The first-order chi connectivity index (χ1) is 6.31. The molecule has 1 aromatic rings. The Morgan fingerprint density at radius 1 is 1.23 bits per heavy atom. The Morgan fingerprint density at radius 3 is 2.54 bits per heavy atom. The molecule has 0 N–H and O–H groups in total. The molecule has 0 saturated heterocycles. The molecule has 0 radical (unpaired) electrons. The fourth-order valence-electron chi connectivity index (χ4n) is 1.25. The first-order valence-electron chi connectivity index (χ1n) is 4.23. The van der Waals surface area contributed by atoms with Crippen LogP contribution in [0.4, 0.5) is 0 Å². The standard InChI is InChI=1S/C12H13Cl/c1-3-5-11-8-10(4-2)6-7-12(11)9-13/h3-4,6-8H,1-2,5,9H2. The summed E-state index contributed by atoms with van der Waals surface area (Å²) < 4.78 is 0. The number of hydrogen-bond acceptors (Lipinski definition) is 0. The van der Waals surface area contributed by atoms with Crippen molar-refractivity contribution in [1.82, 2.24) is 0 Å². The van der Waals surface area contributed by atoms with E-state index in [1.54, 1.807) is 0 Å². The lowest BCUT2D eigenvalue weighted by Crippen LogP contribution is -1.90. The highest BCUT2D eigenvalue weighted by Gasteiger charge is 1.99. The largest absolute Gasteiger partial charge is 0.122 e. The Balaban J connectivity index is 3.08. The van der Waals surface area contributed by atoms with Crippen LogP contribution in [0.1, 0.15) is 16.7 Å². The molecule has 68 valence electrons. The second-order valence-corrected chi connectivity index (χ2v) is 3.13. The normalized spacial score (nSPS) is 9.62. The zero-order valence-corrected chi connectivity index (χ0v) is 8.35. The van der Waals surface area contributed by atoms with Gasteiger partial charge in [0.1, 0.15) is 0 Å². The molecule has 0 nitrogen and oxygen atoms in total. The number of halogens is 1. The molecule has 0 aliphatic heterocycles. The monoisotopic (exact) mass is 192 g/mol. The van der Waals surface area contributed by atoms with Gasteiger partial charge in [0.2, 0.25) is 0 Å². The van der Waals surface area contributed by atoms with Gasteiger partial charge >= 0.3 is 0 Å². The van der Waals surface area contributed by atoms with Crippen LogP contribution in [-0.4, -0.2) is 0 Å². The van der Waals surface area contributed by atoms with E-state index in [4.69, 9.17) is 11.6 Å². The lowest BCUT2D eigenvalue weighted by molar-refractivity contribution is 1.19. The minimum absolute atomic E-state index is 0.556. The predicted octanol–water partition coefficient (Wildman–Crippen LogP) is 3.80. The maximum atomic E-state index is 5.80. The van der Waals surface area contributed by atoms with Crippen molar-refractivity contribution in [2.24, 2.45) is 0 Å². The van der Waals surface area contributed by atoms with E-state index in [1.165, 1.54) is 11.1 Å². The Bertz CT molecular complexity index is 313. The van der Waals surface area contributed by atoms with Crippen LogP contribution >= 0.6 is 11.6 Å². The maximum Gasteiger partial charge on any atom is 0.0476 e. The van der Waals surface area contributed by atoms with Crippen molar-refractivity contribution in [1.29, 1.82) is 0 Å². The third kappa shape index (κ3) is 2.46. The molecule has 1 rings (SSSR count). The van der Waals surface area contributed by atoms with E-state index in [1.807, 2.05) is 24.3 Å². The van der Waals surface area contributed by atoms with Gasteiger partial charge < -0.3 is 0 Å². The maximum absolute atomic E-state index is 5.80. The van der Waals surface area contributed by atoms with E-state index in [0.29, 0.717) is 5.88 Å². The third-order valence-electron chi connectivity index (χ3n) is 1.97. The van der Waals surface area contributed by atoms with Crippen molar-refractivity contribution in [2.75, 3.05) is 0 Å². The Labute approximate surface area is 84.5 Å². The summed E-state index contributed by atoms with van der Waals surface area (Å²) in [4.78, 5) is 0. The molecular weight excluding hydrogens is 180 g/mol. The highest BCUT2D eigenvalue weighted by molar-refractivity contribution is 6.17. The summed E-state index contributed by atoms with van der Waals surface area (Å²) in [6.45, 7) is 7.45. The molecule has 1 aromatic carbocycles. The van der Waals surface area contributed by atoms with Crippen molar-refractivity contribution < 1.29 is 0 Å². The van der Waals surface area contributed by atoms with E-state index >= 15 is 0 Å². The first kappa shape index (κ1) is 10.1. The first-order valence-corrected chi connectivity index (χ1v) is 4.76. The van der Waals surface area contributed by atoms with Gasteiger partial charge in [-0.05, 0) is 23.1 Å². The SMILES string of the molecule is C=CCc1cc(C=C)ccc1CCl. The summed E-state index contributed by atoms with van der Waals surface area (Å²) in [5.41, 5.74) is 3.54.